The molecule has 0 radical (unpaired) electrons. The number of carboxylic acids is 1. The number of H-pyrrole nitrogens is 1. The number of piperidine rings is 1. The van der Waals surface area contributed by atoms with Crippen LogP contribution in [0.3, 0.4) is 0 Å². The Morgan fingerprint density at radius 2 is 1.74 bits per heavy atom. The van der Waals surface area contributed by atoms with E-state index in [4.69, 9.17) is 27.9 Å². The number of carbonyl (C=O) groups is 3. The lowest BCUT2D eigenvalue weighted by Crippen LogP contribution is -2.56. The Labute approximate surface area is 317 Å². The molecule has 0 saturated carbocycles. The number of carbonyl (C=O) groups excluding carboxylic acids is 2. The van der Waals surface area contributed by atoms with Gasteiger partial charge in [0.05, 0.1) is 34.2 Å². The maximum atomic E-state index is 14.2. The number of likely N-dealkylation sites (tertiary alicyclic amines) is 3. The molecule has 1 aromatic heterocycles. The van der Waals surface area contributed by atoms with Gasteiger partial charge < -0.3 is 29.9 Å². The van der Waals surface area contributed by atoms with Crippen molar-refractivity contribution < 1.29 is 24.2 Å². The van der Waals surface area contributed by atoms with Gasteiger partial charge in [-0.15, -0.1) is 5.10 Å². The lowest BCUT2D eigenvalue weighted by Gasteiger charge is -2.44. The number of nitrogens with one attached hydrogen (secondary N) is 2. The van der Waals surface area contributed by atoms with Gasteiger partial charge in [0, 0.05) is 50.2 Å². The number of hydrogen-bond acceptors (Lipinski definition) is 8. The highest BCUT2D eigenvalue weighted by atomic mass is 35.5. The van der Waals surface area contributed by atoms with E-state index in [2.05, 4.69) is 43.0 Å². The molecule has 13 nitrogen and oxygen atoms in total. The summed E-state index contributed by atoms with van der Waals surface area (Å²) in [5, 5.41) is 27.9. The topological polar surface area (TPSA) is 157 Å². The van der Waals surface area contributed by atoms with Crippen LogP contribution in [0.25, 0.3) is 11.4 Å². The van der Waals surface area contributed by atoms with Crippen LogP contribution in [0.4, 0.5) is 4.79 Å². The van der Waals surface area contributed by atoms with E-state index < -0.39 is 17.4 Å². The molecule has 15 heteroatoms. The van der Waals surface area contributed by atoms with E-state index in [0.717, 1.165) is 43.6 Å². The zero-order valence-corrected chi connectivity index (χ0v) is 30.9. The summed E-state index contributed by atoms with van der Waals surface area (Å²) in [5.74, 6) is -0.633. The Bertz CT molecular complexity index is 1960. The molecular formula is C38H42Cl2N8O5. The van der Waals surface area contributed by atoms with Crippen molar-refractivity contribution in [3.8, 4) is 17.1 Å². The first-order valence-electron chi connectivity index (χ1n) is 17.8. The zero-order valence-electron chi connectivity index (χ0n) is 29.4. The Hall–Kier alpha value is -4.72. The maximum absolute atomic E-state index is 14.2. The van der Waals surface area contributed by atoms with Crippen molar-refractivity contribution in [1.82, 2.24) is 40.6 Å². The van der Waals surface area contributed by atoms with Gasteiger partial charge in [-0.05, 0) is 90.5 Å². The molecule has 3 aliphatic rings. The van der Waals surface area contributed by atoms with Crippen molar-refractivity contribution in [2.24, 2.45) is 5.92 Å². The summed E-state index contributed by atoms with van der Waals surface area (Å²) >= 11 is 12.9. The number of aromatic amines is 1. The molecule has 53 heavy (non-hydrogen) atoms. The number of aliphatic carboxylic acids is 1. The average Bonchev–Trinajstić information content (AvgIpc) is 3.98. The molecule has 2 unspecified atom stereocenters. The Kier molecular flexibility index (Phi) is 10.6. The Morgan fingerprint density at radius 3 is 2.42 bits per heavy atom. The minimum absolute atomic E-state index is 0.146. The molecular weight excluding hydrogens is 719 g/mol. The summed E-state index contributed by atoms with van der Waals surface area (Å²) in [6, 6.07) is 20.9. The summed E-state index contributed by atoms with van der Waals surface area (Å²) in [4.78, 5) is 45.2. The van der Waals surface area contributed by atoms with Gasteiger partial charge in [0.2, 0.25) is 0 Å². The SMILES string of the molecule is COc1ccc(-c2nnn[nH]2)cc1C(=O)N1CCC(CCN2CCC(NC(=O)N3CCC(C(=O)O)C3)(c3ccccc3)CC2)(c2ccc(Cl)c(Cl)c2)C1. The highest BCUT2D eigenvalue weighted by molar-refractivity contribution is 6.42. The van der Waals surface area contributed by atoms with E-state index in [-0.39, 0.29) is 23.9 Å². The second-order valence-electron chi connectivity index (χ2n) is 14.3. The lowest BCUT2D eigenvalue weighted by atomic mass is 9.76. The molecule has 3 aromatic carbocycles. The predicted molar refractivity (Wildman–Crippen MR) is 199 cm³/mol. The van der Waals surface area contributed by atoms with Crippen molar-refractivity contribution in [2.75, 3.05) is 52.9 Å². The van der Waals surface area contributed by atoms with Gasteiger partial charge in [0.1, 0.15) is 5.75 Å². The van der Waals surface area contributed by atoms with E-state index in [1.807, 2.05) is 41.3 Å². The Morgan fingerprint density at radius 1 is 0.943 bits per heavy atom. The van der Waals surface area contributed by atoms with Crippen molar-refractivity contribution in [3.63, 3.8) is 0 Å². The zero-order chi connectivity index (χ0) is 37.2. The first-order chi connectivity index (χ1) is 25.6. The molecule has 278 valence electrons. The number of nitrogens with zero attached hydrogens (tertiary/aromatic N) is 6. The molecule has 0 spiro atoms. The number of carboxylic acid groups (broad SMARTS) is 1. The number of aromatic nitrogens is 4. The molecule has 0 bridgehead atoms. The van der Waals surface area contributed by atoms with Gasteiger partial charge in [-0.1, -0.05) is 59.6 Å². The number of amides is 3. The molecule has 3 fully saturated rings. The number of halogens is 2. The summed E-state index contributed by atoms with van der Waals surface area (Å²) < 4.78 is 5.61. The van der Waals surface area contributed by atoms with Crippen LogP contribution < -0.4 is 10.1 Å². The lowest BCUT2D eigenvalue weighted by molar-refractivity contribution is -0.141. The van der Waals surface area contributed by atoms with E-state index in [1.165, 1.54) is 0 Å². The van der Waals surface area contributed by atoms with Crippen LogP contribution in [-0.2, 0) is 15.7 Å². The van der Waals surface area contributed by atoms with Crippen LogP contribution in [0.2, 0.25) is 10.0 Å². The van der Waals surface area contributed by atoms with Crippen molar-refractivity contribution in [1.29, 1.82) is 0 Å². The number of urea groups is 1. The van der Waals surface area contributed by atoms with Gasteiger partial charge in [0.25, 0.3) is 5.91 Å². The number of rotatable bonds is 10. The molecule has 3 aliphatic heterocycles. The van der Waals surface area contributed by atoms with Crippen LogP contribution in [-0.4, -0.2) is 111 Å². The van der Waals surface area contributed by atoms with E-state index in [0.29, 0.717) is 71.6 Å². The minimum Gasteiger partial charge on any atom is -0.496 e. The number of ether oxygens (including phenoxy) is 1. The molecule has 3 N–H and O–H groups in total. The number of methoxy groups -OCH3 is 1. The second-order valence-corrected chi connectivity index (χ2v) is 15.1. The highest BCUT2D eigenvalue weighted by Gasteiger charge is 2.44. The monoisotopic (exact) mass is 760 g/mol. The van der Waals surface area contributed by atoms with Crippen LogP contribution in [0.15, 0.2) is 66.7 Å². The second kappa shape index (κ2) is 15.3. The van der Waals surface area contributed by atoms with Gasteiger partial charge in [-0.25, -0.2) is 9.89 Å². The van der Waals surface area contributed by atoms with Crippen LogP contribution in [0.5, 0.6) is 5.75 Å². The molecule has 7 rings (SSSR count). The quantitative estimate of drug-likeness (QED) is 0.191. The van der Waals surface area contributed by atoms with Gasteiger partial charge in [0.15, 0.2) is 5.82 Å². The largest absolute Gasteiger partial charge is 0.496 e. The van der Waals surface area contributed by atoms with Gasteiger partial charge >= 0.3 is 12.0 Å². The fourth-order valence-corrected chi connectivity index (χ4v) is 8.43. The first-order valence-corrected chi connectivity index (χ1v) is 18.6. The summed E-state index contributed by atoms with van der Waals surface area (Å²) in [7, 11) is 1.55. The predicted octanol–water partition coefficient (Wildman–Crippen LogP) is 5.46. The fourth-order valence-electron chi connectivity index (χ4n) is 8.13. The van der Waals surface area contributed by atoms with E-state index in [9.17, 15) is 19.5 Å². The standard InChI is InChI=1S/C38H42Cl2N8O5/c1-53-32-10-7-25(33-42-44-45-43-33)21-29(32)34(49)48-20-13-37(24-48,28-8-9-30(39)31(40)22-28)12-17-46-18-14-38(15-19-46,27-5-3-2-4-6-27)41-36(52)47-16-11-26(23-47)35(50)51/h2-10,21-22,26H,11-20,23-24H2,1H3,(H,41,52)(H,50,51)(H,42,43,44,45). The third-order valence-corrected chi connectivity index (χ3v) is 12.1. The van der Waals surface area contributed by atoms with Gasteiger partial charge in [-0.2, -0.15) is 0 Å². The molecule has 2 atom stereocenters. The third-order valence-electron chi connectivity index (χ3n) is 11.3. The van der Waals surface area contributed by atoms with Crippen LogP contribution in [0.1, 0.15) is 53.6 Å². The minimum atomic E-state index is -0.866. The third kappa shape index (κ3) is 7.55. The smallest absolute Gasteiger partial charge is 0.318 e. The summed E-state index contributed by atoms with van der Waals surface area (Å²) in [5.41, 5.74) is 2.20. The maximum Gasteiger partial charge on any atom is 0.318 e. The number of hydrogen-bond donors (Lipinski definition) is 3. The fraction of sp³-hybridized carbons (Fsp3) is 0.421. The van der Waals surface area contributed by atoms with Gasteiger partial charge in [-0.3, -0.25) is 9.59 Å². The van der Waals surface area contributed by atoms with Crippen LogP contribution >= 0.6 is 23.2 Å². The van der Waals surface area contributed by atoms with Crippen LogP contribution in [0, 0.1) is 5.92 Å². The summed E-state index contributed by atoms with van der Waals surface area (Å²) in [6.07, 6.45) is 3.35. The highest BCUT2D eigenvalue weighted by Crippen LogP contribution is 2.42. The average molecular weight is 762 g/mol. The van der Waals surface area contributed by atoms with Crippen molar-refractivity contribution in [2.45, 2.75) is 43.1 Å². The number of benzene rings is 3. The molecule has 4 aromatic rings. The van der Waals surface area contributed by atoms with Crippen molar-refractivity contribution in [3.05, 3.63) is 93.5 Å². The molecule has 0 aliphatic carbocycles. The first kappa shape index (κ1) is 36.6. The van der Waals surface area contributed by atoms with E-state index >= 15 is 0 Å². The molecule has 3 saturated heterocycles. The Balaban J connectivity index is 1.08. The van der Waals surface area contributed by atoms with E-state index in [1.54, 1.807) is 30.2 Å². The molecule has 3 amide bonds. The van der Waals surface area contributed by atoms with Crippen molar-refractivity contribution >= 4 is 41.1 Å². The normalized spacial score (nSPS) is 21.5. The molecule has 4 heterocycles. The summed E-state index contributed by atoms with van der Waals surface area (Å²) in [6.45, 7) is 3.91. The number of tetrazole rings is 1.